The zero-order valence-corrected chi connectivity index (χ0v) is 32.2. The molecule has 0 bridgehead atoms. The highest BCUT2D eigenvalue weighted by Crippen LogP contribution is 2.44. The molecule has 5 nitrogen and oxygen atoms in total. The molecular weight excluding hydrogens is 741 g/mol. The third-order valence-electron chi connectivity index (χ3n) is 11.8. The van der Waals surface area contributed by atoms with E-state index in [2.05, 4.69) is 168 Å². The lowest BCUT2D eigenvalue weighted by Crippen LogP contribution is -2.01. The number of furan rings is 1. The molecule has 9 aromatic carbocycles. The van der Waals surface area contributed by atoms with Crippen LogP contribution in [-0.2, 0) is 0 Å². The van der Waals surface area contributed by atoms with Crippen molar-refractivity contribution in [1.29, 1.82) is 0 Å². The highest BCUT2D eigenvalue weighted by Gasteiger charge is 2.23. The van der Waals surface area contributed by atoms with Crippen LogP contribution in [0.5, 0.6) is 0 Å². The number of rotatable bonds is 4. The molecule has 4 aromatic heterocycles. The number of thiophene rings is 1. The SMILES string of the molecule is c1ccc(-c2nc(-c3cc(-n4c5ccccc5c5cc6ccccc6cc54)c4oc5c6ccccc6ccc5c4c3)nc(-c3cccc4sc5ccccc5c34)n2)cc1. The number of hydrogen-bond donors (Lipinski definition) is 0. The molecule has 4 heterocycles. The highest BCUT2D eigenvalue weighted by molar-refractivity contribution is 7.25. The van der Waals surface area contributed by atoms with Crippen LogP contribution in [0.1, 0.15) is 0 Å². The Balaban J connectivity index is 1.16. The average molecular weight is 771 g/mol. The summed E-state index contributed by atoms with van der Waals surface area (Å²) >= 11 is 1.79. The minimum absolute atomic E-state index is 0.592. The van der Waals surface area contributed by atoms with Gasteiger partial charge in [0.2, 0.25) is 0 Å². The Hall–Kier alpha value is -7.67. The Bertz CT molecular complexity index is 3860. The fourth-order valence-corrected chi connectivity index (χ4v) is 10.2. The van der Waals surface area contributed by atoms with E-state index in [9.17, 15) is 0 Å². The Labute approximate surface area is 341 Å². The molecule has 13 aromatic rings. The van der Waals surface area contributed by atoms with Crippen molar-refractivity contribution < 1.29 is 4.42 Å². The first-order valence-corrected chi connectivity index (χ1v) is 20.6. The van der Waals surface area contributed by atoms with Crippen molar-refractivity contribution >= 4 is 96.8 Å². The lowest BCUT2D eigenvalue weighted by Gasteiger charge is -2.13. The van der Waals surface area contributed by atoms with Gasteiger partial charge < -0.3 is 8.98 Å². The number of aromatic nitrogens is 4. The summed E-state index contributed by atoms with van der Waals surface area (Å²) in [5.41, 5.74) is 7.58. The van der Waals surface area contributed by atoms with Crippen molar-refractivity contribution in [3.8, 4) is 39.9 Å². The van der Waals surface area contributed by atoms with Crippen molar-refractivity contribution in [2.24, 2.45) is 0 Å². The normalized spacial score (nSPS) is 12.1. The minimum Gasteiger partial charge on any atom is -0.453 e. The number of hydrogen-bond acceptors (Lipinski definition) is 5. The van der Waals surface area contributed by atoms with Gasteiger partial charge in [0.05, 0.1) is 16.7 Å². The smallest absolute Gasteiger partial charge is 0.164 e. The molecule has 0 spiro atoms. The van der Waals surface area contributed by atoms with E-state index < -0.39 is 0 Å². The van der Waals surface area contributed by atoms with Crippen molar-refractivity contribution in [2.75, 3.05) is 0 Å². The number of benzene rings is 9. The van der Waals surface area contributed by atoms with E-state index in [0.29, 0.717) is 17.5 Å². The topological polar surface area (TPSA) is 56.7 Å². The quantitative estimate of drug-likeness (QED) is 0.179. The van der Waals surface area contributed by atoms with Gasteiger partial charge in [-0.25, -0.2) is 15.0 Å². The van der Waals surface area contributed by atoms with E-state index in [1.807, 2.05) is 18.2 Å². The van der Waals surface area contributed by atoms with Gasteiger partial charge in [-0.15, -0.1) is 11.3 Å². The molecule has 0 N–H and O–H groups in total. The molecule has 0 amide bonds. The second-order valence-electron chi connectivity index (χ2n) is 15.2. The molecule has 274 valence electrons. The Kier molecular flexibility index (Phi) is 6.82. The lowest BCUT2D eigenvalue weighted by molar-refractivity contribution is 0.670. The summed E-state index contributed by atoms with van der Waals surface area (Å²) in [4.78, 5) is 15.9. The summed E-state index contributed by atoms with van der Waals surface area (Å²) in [7, 11) is 0. The molecule has 6 heteroatoms. The number of nitrogens with zero attached hydrogens (tertiary/aromatic N) is 4. The molecule has 0 saturated heterocycles. The predicted octanol–water partition coefficient (Wildman–Crippen LogP) is 14.5. The second kappa shape index (κ2) is 12.4. The van der Waals surface area contributed by atoms with Crippen LogP contribution in [0.4, 0.5) is 0 Å². The van der Waals surface area contributed by atoms with Crippen LogP contribution in [0, 0.1) is 0 Å². The van der Waals surface area contributed by atoms with Crippen molar-refractivity contribution in [2.45, 2.75) is 0 Å². The van der Waals surface area contributed by atoms with Crippen LogP contribution in [0.2, 0.25) is 0 Å². The van der Waals surface area contributed by atoms with E-state index in [1.165, 1.54) is 36.3 Å². The van der Waals surface area contributed by atoms with Crippen LogP contribution in [-0.4, -0.2) is 19.5 Å². The van der Waals surface area contributed by atoms with Crippen LogP contribution in [0.3, 0.4) is 0 Å². The molecule has 0 aliphatic rings. The summed E-state index contributed by atoms with van der Waals surface area (Å²) in [6, 6.07) is 64.3. The third-order valence-corrected chi connectivity index (χ3v) is 12.9. The van der Waals surface area contributed by atoms with E-state index in [1.54, 1.807) is 11.3 Å². The van der Waals surface area contributed by atoms with Gasteiger partial charge in [0, 0.05) is 63.8 Å². The van der Waals surface area contributed by atoms with Crippen molar-refractivity contribution in [3.05, 3.63) is 182 Å². The fraction of sp³-hybridized carbons (Fsp3) is 0. The first kappa shape index (κ1) is 32.4. The monoisotopic (exact) mass is 770 g/mol. The summed E-state index contributed by atoms with van der Waals surface area (Å²) in [5, 5.41) is 11.4. The molecule has 0 aliphatic heterocycles. The van der Waals surface area contributed by atoms with Gasteiger partial charge in [0.25, 0.3) is 0 Å². The Morgan fingerprint density at radius 1 is 0.390 bits per heavy atom. The molecule has 13 rings (SSSR count). The van der Waals surface area contributed by atoms with Gasteiger partial charge in [0.1, 0.15) is 5.58 Å². The van der Waals surface area contributed by atoms with Gasteiger partial charge in [-0.1, -0.05) is 133 Å². The number of para-hydroxylation sites is 1. The predicted molar refractivity (Wildman–Crippen MR) is 246 cm³/mol. The molecule has 0 aliphatic carbocycles. The maximum absolute atomic E-state index is 7.09. The van der Waals surface area contributed by atoms with Gasteiger partial charge in [-0.05, 0) is 64.7 Å². The van der Waals surface area contributed by atoms with Crippen LogP contribution in [0.15, 0.2) is 186 Å². The molecule has 59 heavy (non-hydrogen) atoms. The van der Waals surface area contributed by atoms with Crippen molar-refractivity contribution in [3.63, 3.8) is 0 Å². The maximum atomic E-state index is 7.09. The van der Waals surface area contributed by atoms with Crippen LogP contribution in [0.25, 0.3) is 125 Å². The first-order chi connectivity index (χ1) is 29.2. The highest BCUT2D eigenvalue weighted by atomic mass is 32.1. The largest absolute Gasteiger partial charge is 0.453 e. The molecule has 0 unspecified atom stereocenters. The van der Waals surface area contributed by atoms with E-state index >= 15 is 0 Å². The zero-order chi connectivity index (χ0) is 38.6. The maximum Gasteiger partial charge on any atom is 0.164 e. The van der Waals surface area contributed by atoms with E-state index in [0.717, 1.165) is 71.5 Å². The molecular formula is C53H30N4OS. The third kappa shape index (κ3) is 4.87. The number of fused-ring (bicyclic) bond motifs is 12. The van der Waals surface area contributed by atoms with Crippen molar-refractivity contribution in [1.82, 2.24) is 19.5 Å². The van der Waals surface area contributed by atoms with E-state index in [-0.39, 0.29) is 0 Å². The molecule has 0 atom stereocenters. The summed E-state index contributed by atoms with van der Waals surface area (Å²) in [6.07, 6.45) is 0. The van der Waals surface area contributed by atoms with E-state index in [4.69, 9.17) is 19.4 Å². The average Bonchev–Trinajstić information content (AvgIpc) is 3.98. The summed E-state index contributed by atoms with van der Waals surface area (Å²) in [6.45, 7) is 0. The zero-order valence-electron chi connectivity index (χ0n) is 31.4. The minimum atomic E-state index is 0.592. The Morgan fingerprint density at radius 3 is 1.93 bits per heavy atom. The molecule has 0 fully saturated rings. The second-order valence-corrected chi connectivity index (χ2v) is 16.2. The van der Waals surface area contributed by atoms with Gasteiger partial charge in [-0.2, -0.15) is 0 Å². The van der Waals surface area contributed by atoms with Gasteiger partial charge >= 0.3 is 0 Å². The van der Waals surface area contributed by atoms with Crippen LogP contribution < -0.4 is 0 Å². The summed E-state index contributed by atoms with van der Waals surface area (Å²) < 4.78 is 11.9. The summed E-state index contributed by atoms with van der Waals surface area (Å²) in [5.74, 6) is 1.85. The standard InChI is InChI=1S/C53H30N4OS/c1-2-14-32(15-3-1)51-54-52(56-53(55-51)40-21-12-24-47-48(40)39-20-9-11-23-46(39)59-47)35-28-42-38-26-25-31-13-6-7-18-36(31)49(38)58-50(42)45(30-35)57-43-22-10-8-19-37(43)41-27-33-16-4-5-17-34(33)29-44(41)57/h1-30H. The van der Waals surface area contributed by atoms with Gasteiger partial charge in [0.15, 0.2) is 23.1 Å². The van der Waals surface area contributed by atoms with Gasteiger partial charge in [-0.3, -0.25) is 0 Å². The molecule has 0 saturated carbocycles. The first-order valence-electron chi connectivity index (χ1n) is 19.8. The Morgan fingerprint density at radius 2 is 1.07 bits per heavy atom. The fourth-order valence-electron chi connectivity index (χ4n) is 9.10. The van der Waals surface area contributed by atoms with Crippen LogP contribution >= 0.6 is 11.3 Å². The lowest BCUT2D eigenvalue weighted by atomic mass is 10.0. The molecule has 0 radical (unpaired) electrons.